The van der Waals surface area contributed by atoms with E-state index >= 15 is 0 Å². The number of carboxylic acid groups (broad SMARTS) is 1. The van der Waals surface area contributed by atoms with Crippen LogP contribution in [-0.2, 0) is 4.79 Å². The molecule has 21 heavy (non-hydrogen) atoms. The third kappa shape index (κ3) is 6.12. The van der Waals surface area contributed by atoms with Gasteiger partial charge in [0.1, 0.15) is 16.5 Å². The Morgan fingerprint density at radius 3 is 2.14 bits per heavy atom. The van der Waals surface area contributed by atoms with Crippen LogP contribution in [0.5, 0.6) is 11.5 Å². The highest BCUT2D eigenvalue weighted by Crippen LogP contribution is 2.35. The van der Waals surface area contributed by atoms with E-state index in [-0.39, 0.29) is 22.4 Å². The van der Waals surface area contributed by atoms with E-state index in [9.17, 15) is 4.79 Å². The summed E-state index contributed by atoms with van der Waals surface area (Å²) >= 11 is 16.6. The molecule has 2 N–H and O–H groups in total. The van der Waals surface area contributed by atoms with Crippen LogP contribution in [0.3, 0.4) is 0 Å². The lowest BCUT2D eigenvalue weighted by Gasteiger charge is -2.00. The van der Waals surface area contributed by atoms with Crippen molar-refractivity contribution in [3.63, 3.8) is 0 Å². The first kappa shape index (κ1) is 17.4. The van der Waals surface area contributed by atoms with Gasteiger partial charge in [-0.3, -0.25) is 0 Å². The first-order valence-corrected chi connectivity index (χ1v) is 6.77. The highest BCUT2D eigenvalue weighted by Gasteiger charge is 2.06. The third-order valence-corrected chi connectivity index (χ3v) is 3.40. The van der Waals surface area contributed by atoms with Crippen molar-refractivity contribution in [2.24, 2.45) is 0 Å². The van der Waals surface area contributed by atoms with E-state index in [1.165, 1.54) is 12.1 Å². The van der Waals surface area contributed by atoms with Crippen molar-refractivity contribution in [2.75, 3.05) is 6.61 Å². The van der Waals surface area contributed by atoms with E-state index in [4.69, 9.17) is 49.8 Å². The summed E-state index contributed by atoms with van der Waals surface area (Å²) in [5.74, 6) is -0.445. The predicted octanol–water partition coefficient (Wildman–Crippen LogP) is 4.50. The van der Waals surface area contributed by atoms with Crippen LogP contribution in [0.2, 0.25) is 15.1 Å². The van der Waals surface area contributed by atoms with E-state index in [1.807, 2.05) is 6.07 Å². The van der Waals surface area contributed by atoms with Gasteiger partial charge in [-0.25, -0.2) is 4.79 Å². The summed E-state index contributed by atoms with van der Waals surface area (Å²) in [5, 5.41) is 17.8. The summed E-state index contributed by atoms with van der Waals surface area (Å²) in [4.78, 5) is 10.0. The fourth-order valence-electron chi connectivity index (χ4n) is 1.18. The van der Waals surface area contributed by atoms with Crippen molar-refractivity contribution in [2.45, 2.75) is 0 Å². The molecular formula is C14H11Cl3O4. The summed E-state index contributed by atoms with van der Waals surface area (Å²) in [6.45, 7) is -0.288. The maximum atomic E-state index is 10.0. The molecule has 0 aliphatic carbocycles. The Bertz CT molecular complexity index is 576. The Morgan fingerprint density at radius 1 is 1.00 bits per heavy atom. The number of rotatable bonds is 3. The Morgan fingerprint density at radius 2 is 1.62 bits per heavy atom. The maximum absolute atomic E-state index is 10.0. The van der Waals surface area contributed by atoms with Gasteiger partial charge >= 0.3 is 5.97 Å². The van der Waals surface area contributed by atoms with Gasteiger partial charge in [0.05, 0.1) is 10.0 Å². The van der Waals surface area contributed by atoms with Crippen LogP contribution in [0.25, 0.3) is 0 Å². The minimum absolute atomic E-state index is 0.0592. The summed E-state index contributed by atoms with van der Waals surface area (Å²) < 4.78 is 4.87. The van der Waals surface area contributed by atoms with Crippen LogP contribution in [0, 0.1) is 0 Å². The number of aromatic hydroxyl groups is 1. The summed E-state index contributed by atoms with van der Waals surface area (Å²) in [7, 11) is 0. The molecule has 2 aromatic rings. The van der Waals surface area contributed by atoms with Gasteiger partial charge in [0.25, 0.3) is 0 Å². The van der Waals surface area contributed by atoms with Gasteiger partial charge in [-0.2, -0.15) is 0 Å². The number of carboxylic acids is 1. The molecule has 112 valence electrons. The highest BCUT2D eigenvalue weighted by atomic mass is 35.5. The number of halogens is 3. The normalized spacial score (nSPS) is 9.48. The molecule has 7 heteroatoms. The molecule has 0 atom stereocenters. The van der Waals surface area contributed by atoms with Gasteiger partial charge in [0.2, 0.25) is 0 Å². The van der Waals surface area contributed by atoms with Crippen molar-refractivity contribution >= 4 is 40.8 Å². The van der Waals surface area contributed by atoms with Gasteiger partial charge in [0.15, 0.2) is 6.61 Å². The minimum atomic E-state index is -0.964. The third-order valence-electron chi connectivity index (χ3n) is 2.12. The second kappa shape index (κ2) is 8.62. The van der Waals surface area contributed by atoms with E-state index < -0.39 is 5.97 Å². The van der Waals surface area contributed by atoms with E-state index in [0.717, 1.165) is 0 Å². The molecule has 0 aromatic heterocycles. The molecule has 2 rings (SSSR count). The summed E-state index contributed by atoms with van der Waals surface area (Å²) in [5.41, 5.74) is 0. The fourth-order valence-corrected chi connectivity index (χ4v) is 1.71. The zero-order valence-corrected chi connectivity index (χ0v) is 12.9. The SMILES string of the molecule is O=C(O)COc1ccccc1.Oc1ccc(Cl)c(Cl)c1Cl. The van der Waals surface area contributed by atoms with E-state index in [1.54, 1.807) is 24.3 Å². The number of benzene rings is 2. The first-order chi connectivity index (χ1) is 9.91. The van der Waals surface area contributed by atoms with Crippen molar-refractivity contribution in [1.29, 1.82) is 0 Å². The van der Waals surface area contributed by atoms with Crippen LogP contribution in [0.1, 0.15) is 0 Å². The molecule has 0 fully saturated rings. The highest BCUT2D eigenvalue weighted by molar-refractivity contribution is 6.48. The van der Waals surface area contributed by atoms with Crippen LogP contribution in [0.4, 0.5) is 0 Å². The average Bonchev–Trinajstić information content (AvgIpc) is 2.49. The van der Waals surface area contributed by atoms with Gasteiger partial charge in [-0.1, -0.05) is 53.0 Å². The molecule has 0 saturated carbocycles. The number of carbonyl (C=O) groups is 1. The number of phenolic OH excluding ortho intramolecular Hbond substituents is 1. The maximum Gasteiger partial charge on any atom is 0.341 e. The van der Waals surface area contributed by atoms with Crippen LogP contribution >= 0.6 is 34.8 Å². The van der Waals surface area contributed by atoms with E-state index in [0.29, 0.717) is 10.8 Å². The molecule has 0 saturated heterocycles. The largest absolute Gasteiger partial charge is 0.506 e. The zero-order chi connectivity index (χ0) is 15.8. The zero-order valence-electron chi connectivity index (χ0n) is 10.6. The van der Waals surface area contributed by atoms with Gasteiger partial charge in [-0.05, 0) is 24.3 Å². The Hall–Kier alpha value is -1.62. The van der Waals surface area contributed by atoms with Crippen LogP contribution in [-0.4, -0.2) is 22.8 Å². The lowest BCUT2D eigenvalue weighted by molar-refractivity contribution is -0.139. The molecule has 4 nitrogen and oxygen atoms in total. The lowest BCUT2D eigenvalue weighted by Crippen LogP contribution is -2.09. The Labute approximate surface area is 136 Å². The standard InChI is InChI=1S/C8H8O3.C6H3Cl3O/c9-8(10)6-11-7-4-2-1-3-5-7;7-3-1-2-4(10)6(9)5(3)8/h1-5H,6H2,(H,9,10);1-2,10H. The van der Waals surface area contributed by atoms with Crippen molar-refractivity contribution in [3.05, 3.63) is 57.5 Å². The summed E-state index contributed by atoms with van der Waals surface area (Å²) in [6, 6.07) is 11.7. The minimum Gasteiger partial charge on any atom is -0.506 e. The fraction of sp³-hybridized carbons (Fsp3) is 0.0714. The Balaban J connectivity index is 0.000000211. The number of hydrogen-bond acceptors (Lipinski definition) is 3. The molecule has 0 bridgehead atoms. The summed E-state index contributed by atoms with van der Waals surface area (Å²) in [6.07, 6.45) is 0. The molecule has 0 unspecified atom stereocenters. The monoisotopic (exact) mass is 348 g/mol. The molecule has 0 radical (unpaired) electrons. The van der Waals surface area contributed by atoms with Gasteiger partial charge in [0, 0.05) is 0 Å². The number of hydrogen-bond donors (Lipinski definition) is 2. The second-order valence-corrected chi connectivity index (χ2v) is 4.85. The number of aliphatic carboxylic acids is 1. The van der Waals surface area contributed by atoms with Gasteiger partial charge in [-0.15, -0.1) is 0 Å². The second-order valence-electron chi connectivity index (χ2n) is 3.69. The first-order valence-electron chi connectivity index (χ1n) is 5.64. The average molecular weight is 350 g/mol. The van der Waals surface area contributed by atoms with Crippen molar-refractivity contribution in [1.82, 2.24) is 0 Å². The number of para-hydroxylation sites is 1. The smallest absolute Gasteiger partial charge is 0.341 e. The van der Waals surface area contributed by atoms with E-state index in [2.05, 4.69) is 0 Å². The number of ether oxygens (including phenoxy) is 1. The van der Waals surface area contributed by atoms with Gasteiger partial charge < -0.3 is 14.9 Å². The molecule has 0 heterocycles. The predicted molar refractivity (Wildman–Crippen MR) is 82.7 cm³/mol. The molecule has 0 spiro atoms. The Kier molecular flexibility index (Phi) is 7.15. The lowest BCUT2D eigenvalue weighted by atomic mass is 10.3. The number of phenols is 1. The quantitative estimate of drug-likeness (QED) is 0.801. The molecule has 2 aromatic carbocycles. The topological polar surface area (TPSA) is 66.8 Å². The molecule has 0 aliphatic rings. The van der Waals surface area contributed by atoms with Crippen molar-refractivity contribution in [3.8, 4) is 11.5 Å². The molecular weight excluding hydrogens is 339 g/mol. The van der Waals surface area contributed by atoms with Crippen LogP contribution in [0.15, 0.2) is 42.5 Å². The van der Waals surface area contributed by atoms with Crippen LogP contribution < -0.4 is 4.74 Å². The molecule has 0 amide bonds. The molecule has 0 aliphatic heterocycles. The van der Waals surface area contributed by atoms with Crippen molar-refractivity contribution < 1.29 is 19.7 Å².